The van der Waals surface area contributed by atoms with Crippen molar-refractivity contribution in [3.05, 3.63) is 78.4 Å². The number of ether oxygens (including phenoxy) is 1. The Morgan fingerprint density at radius 2 is 1.24 bits per heavy atom. The lowest BCUT2D eigenvalue weighted by atomic mass is 9.88. The number of alkyl halides is 3. The van der Waals surface area contributed by atoms with Crippen molar-refractivity contribution in [1.29, 1.82) is 0 Å². The molecule has 0 aliphatic heterocycles. The highest BCUT2D eigenvalue weighted by Crippen LogP contribution is 2.35. The van der Waals surface area contributed by atoms with Crippen LogP contribution in [-0.4, -0.2) is 29.3 Å². The number of ketones is 1. The number of urea groups is 1. The van der Waals surface area contributed by atoms with E-state index in [-0.39, 0.29) is 11.5 Å². The fourth-order valence-electron chi connectivity index (χ4n) is 4.39. The number of halogens is 3. The second-order valence-electron chi connectivity index (χ2n) is 8.65. The van der Waals surface area contributed by atoms with Crippen molar-refractivity contribution in [3.8, 4) is 16.9 Å². The molecular formula is C27H23F3N2O5. The molecule has 0 spiro atoms. The summed E-state index contributed by atoms with van der Waals surface area (Å²) in [6, 6.07) is 18.1. The number of carbonyl (C=O) groups excluding carboxylic acids is 2. The molecule has 3 N–H and O–H groups in total. The number of hydrogen-bond acceptors (Lipinski definition) is 4. The van der Waals surface area contributed by atoms with E-state index in [0.717, 1.165) is 29.7 Å². The van der Waals surface area contributed by atoms with Crippen molar-refractivity contribution < 1.29 is 37.4 Å². The van der Waals surface area contributed by atoms with Crippen LogP contribution in [0.15, 0.2) is 72.8 Å². The lowest BCUT2D eigenvalue weighted by Gasteiger charge is -2.14. The molecule has 3 aromatic carbocycles. The third kappa shape index (κ3) is 6.66. The van der Waals surface area contributed by atoms with Crippen LogP contribution in [-0.2, 0) is 4.79 Å². The van der Waals surface area contributed by atoms with Gasteiger partial charge >= 0.3 is 18.4 Å². The summed E-state index contributed by atoms with van der Waals surface area (Å²) in [4.78, 5) is 36.4. The average Bonchev–Trinajstić information content (AvgIpc) is 3.35. The van der Waals surface area contributed by atoms with Gasteiger partial charge in [0.25, 0.3) is 0 Å². The number of benzene rings is 3. The van der Waals surface area contributed by atoms with Gasteiger partial charge in [0.2, 0.25) is 0 Å². The first-order valence-corrected chi connectivity index (χ1v) is 11.5. The fourth-order valence-corrected chi connectivity index (χ4v) is 4.39. The second-order valence-corrected chi connectivity index (χ2v) is 8.65. The maximum atomic E-state index is 12.8. The molecule has 0 heterocycles. The average molecular weight is 512 g/mol. The van der Waals surface area contributed by atoms with Crippen LogP contribution in [0, 0.1) is 11.8 Å². The van der Waals surface area contributed by atoms with Gasteiger partial charge in [-0.3, -0.25) is 9.59 Å². The van der Waals surface area contributed by atoms with Gasteiger partial charge in [0, 0.05) is 22.9 Å². The monoisotopic (exact) mass is 512 g/mol. The van der Waals surface area contributed by atoms with Crippen LogP contribution in [0.3, 0.4) is 0 Å². The third-order valence-electron chi connectivity index (χ3n) is 6.16. The quantitative estimate of drug-likeness (QED) is 0.310. The van der Waals surface area contributed by atoms with E-state index in [0.29, 0.717) is 24.1 Å². The zero-order valence-corrected chi connectivity index (χ0v) is 19.4. The fraction of sp³-hybridized carbons (Fsp3) is 0.222. The van der Waals surface area contributed by atoms with Crippen molar-refractivity contribution in [1.82, 2.24) is 0 Å². The number of anilines is 2. The van der Waals surface area contributed by atoms with Crippen LogP contribution >= 0.6 is 0 Å². The minimum atomic E-state index is -4.79. The Morgan fingerprint density at radius 1 is 0.757 bits per heavy atom. The molecule has 7 nitrogen and oxygen atoms in total. The Kier molecular flexibility index (Phi) is 7.47. The van der Waals surface area contributed by atoms with Crippen molar-refractivity contribution in [3.63, 3.8) is 0 Å². The van der Waals surface area contributed by atoms with Crippen LogP contribution in [0.2, 0.25) is 0 Å². The zero-order valence-electron chi connectivity index (χ0n) is 19.4. The number of carboxylic acid groups (broad SMARTS) is 1. The van der Waals surface area contributed by atoms with Gasteiger partial charge in [-0.15, -0.1) is 13.2 Å². The number of Topliss-reactive ketones (excluding diaryl/α,β-unsaturated/α-hetero) is 1. The lowest BCUT2D eigenvalue weighted by molar-refractivity contribution is -0.274. The van der Waals surface area contributed by atoms with Crippen LogP contribution in [0.25, 0.3) is 11.1 Å². The van der Waals surface area contributed by atoms with Crippen molar-refractivity contribution >= 4 is 29.2 Å². The van der Waals surface area contributed by atoms with Crippen molar-refractivity contribution in [2.24, 2.45) is 11.8 Å². The smallest absolute Gasteiger partial charge is 0.481 e. The molecule has 10 heteroatoms. The lowest BCUT2D eigenvalue weighted by Crippen LogP contribution is -2.25. The first-order valence-electron chi connectivity index (χ1n) is 11.5. The molecular weight excluding hydrogens is 489 g/mol. The first kappa shape index (κ1) is 25.7. The minimum absolute atomic E-state index is 0.149. The molecule has 0 bridgehead atoms. The normalized spacial score (nSPS) is 17.2. The van der Waals surface area contributed by atoms with Crippen LogP contribution in [0.1, 0.15) is 29.6 Å². The van der Waals surface area contributed by atoms with E-state index in [1.165, 1.54) is 12.1 Å². The predicted octanol–water partition coefficient (Wildman–Crippen LogP) is 6.58. The van der Waals surface area contributed by atoms with Crippen molar-refractivity contribution in [2.75, 3.05) is 10.6 Å². The summed E-state index contributed by atoms with van der Waals surface area (Å²) in [5.74, 6) is -2.60. The highest BCUT2D eigenvalue weighted by molar-refractivity contribution is 6.01. The molecule has 4 rings (SSSR count). The van der Waals surface area contributed by atoms with Crippen LogP contribution < -0.4 is 15.4 Å². The van der Waals surface area contributed by atoms with Crippen LogP contribution in [0.4, 0.5) is 29.3 Å². The molecule has 1 aliphatic rings. The Morgan fingerprint density at radius 3 is 1.76 bits per heavy atom. The molecule has 2 atom stereocenters. The van der Waals surface area contributed by atoms with Gasteiger partial charge in [0.15, 0.2) is 5.78 Å². The van der Waals surface area contributed by atoms with Gasteiger partial charge < -0.3 is 20.5 Å². The van der Waals surface area contributed by atoms with E-state index in [4.69, 9.17) is 0 Å². The highest BCUT2D eigenvalue weighted by Gasteiger charge is 2.38. The van der Waals surface area contributed by atoms with Gasteiger partial charge in [-0.1, -0.05) is 42.8 Å². The van der Waals surface area contributed by atoms with Gasteiger partial charge in [0.05, 0.1) is 5.92 Å². The van der Waals surface area contributed by atoms with E-state index in [9.17, 15) is 32.7 Å². The van der Waals surface area contributed by atoms with E-state index < -0.39 is 35.9 Å². The summed E-state index contributed by atoms with van der Waals surface area (Å²) in [5.41, 5.74) is 2.94. The highest BCUT2D eigenvalue weighted by atomic mass is 19.4. The standard InChI is InChI=1S/C27H23F3N2O5/c28-27(29,30)37-21-14-12-20(13-15-21)32-26(36)31-19-10-8-17(9-11-19)16-4-6-18(7-5-16)24(33)22-2-1-3-23(22)25(34)35/h4-15,22-23H,1-3H2,(H,34,35)(H2,31,32,36)/t22-,23-/m1/s1. The predicted molar refractivity (Wildman–Crippen MR) is 130 cm³/mol. The van der Waals surface area contributed by atoms with E-state index in [2.05, 4.69) is 15.4 Å². The summed E-state index contributed by atoms with van der Waals surface area (Å²) >= 11 is 0. The zero-order chi connectivity index (χ0) is 26.6. The number of carbonyl (C=O) groups is 3. The van der Waals surface area contributed by atoms with Gasteiger partial charge in [-0.2, -0.15) is 0 Å². The summed E-state index contributed by atoms with van der Waals surface area (Å²) < 4.78 is 40.5. The minimum Gasteiger partial charge on any atom is -0.481 e. The Hall–Kier alpha value is -4.34. The number of amides is 2. The molecule has 0 radical (unpaired) electrons. The molecule has 1 saturated carbocycles. The number of nitrogens with one attached hydrogen (secondary N) is 2. The molecule has 2 amide bonds. The third-order valence-corrected chi connectivity index (χ3v) is 6.16. The largest absolute Gasteiger partial charge is 0.573 e. The summed E-state index contributed by atoms with van der Waals surface area (Å²) in [6.45, 7) is 0. The van der Waals surface area contributed by atoms with Gasteiger partial charge in [-0.05, 0) is 60.4 Å². The van der Waals surface area contributed by atoms with Gasteiger partial charge in [-0.25, -0.2) is 4.79 Å². The SMILES string of the molecule is O=C(Nc1ccc(OC(F)(F)F)cc1)Nc1ccc(-c2ccc(C(=O)[C@@H]3CCC[C@H]3C(=O)O)cc2)cc1. The number of aliphatic carboxylic acids is 1. The molecule has 3 aromatic rings. The topological polar surface area (TPSA) is 105 Å². The maximum Gasteiger partial charge on any atom is 0.573 e. The molecule has 0 aromatic heterocycles. The Bertz CT molecular complexity index is 1270. The Balaban J connectivity index is 1.34. The number of hydrogen-bond donors (Lipinski definition) is 3. The molecule has 0 saturated heterocycles. The van der Waals surface area contributed by atoms with E-state index in [1.807, 2.05) is 0 Å². The van der Waals surface area contributed by atoms with Crippen LogP contribution in [0.5, 0.6) is 5.75 Å². The maximum absolute atomic E-state index is 12.8. The molecule has 1 aliphatic carbocycles. The Labute approximate surface area is 210 Å². The second kappa shape index (κ2) is 10.7. The van der Waals surface area contributed by atoms with Gasteiger partial charge in [0.1, 0.15) is 5.75 Å². The molecule has 37 heavy (non-hydrogen) atoms. The summed E-state index contributed by atoms with van der Waals surface area (Å²) in [6.07, 6.45) is -2.96. The molecule has 192 valence electrons. The summed E-state index contributed by atoms with van der Waals surface area (Å²) in [5, 5.41) is 14.5. The van der Waals surface area contributed by atoms with Crippen molar-refractivity contribution in [2.45, 2.75) is 25.6 Å². The number of carboxylic acids is 1. The molecule has 1 fully saturated rings. The first-order chi connectivity index (χ1) is 17.6. The van der Waals surface area contributed by atoms with E-state index in [1.54, 1.807) is 48.5 Å². The molecule has 0 unspecified atom stereocenters. The summed E-state index contributed by atoms with van der Waals surface area (Å²) in [7, 11) is 0. The van der Waals surface area contributed by atoms with E-state index >= 15 is 0 Å². The number of rotatable bonds is 7.